The molecule has 0 amide bonds. The molecule has 0 aromatic carbocycles. The van der Waals surface area contributed by atoms with E-state index in [1.54, 1.807) is 19.2 Å². The van der Waals surface area contributed by atoms with Gasteiger partial charge < -0.3 is 20.2 Å². The van der Waals surface area contributed by atoms with Crippen molar-refractivity contribution >= 4 is 17.3 Å². The number of aliphatic hydroxyl groups is 1. The van der Waals surface area contributed by atoms with E-state index >= 15 is 0 Å². The second kappa shape index (κ2) is 10.7. The summed E-state index contributed by atoms with van der Waals surface area (Å²) >= 11 is 0. The molecule has 9 heteroatoms. The highest BCUT2D eigenvalue weighted by molar-refractivity contribution is 5.61. The zero-order chi connectivity index (χ0) is 21.3. The third kappa shape index (κ3) is 5.17. The summed E-state index contributed by atoms with van der Waals surface area (Å²) in [6, 6.07) is 5.78. The van der Waals surface area contributed by atoms with Crippen LogP contribution in [0.5, 0.6) is 5.88 Å². The fourth-order valence-electron chi connectivity index (χ4n) is 3.43. The summed E-state index contributed by atoms with van der Waals surface area (Å²) < 4.78 is 1.89. The van der Waals surface area contributed by atoms with E-state index in [1.807, 2.05) is 16.8 Å². The number of rotatable bonds is 6. The molecule has 4 rings (SSSR count). The lowest BCUT2D eigenvalue weighted by Crippen LogP contribution is -2.30. The zero-order valence-corrected chi connectivity index (χ0v) is 17.7. The molecule has 3 aromatic heterocycles. The maximum absolute atomic E-state index is 7.57. The lowest BCUT2D eigenvalue weighted by atomic mass is 10.1. The second-order valence-corrected chi connectivity index (χ2v) is 7.10. The third-order valence-corrected chi connectivity index (χ3v) is 4.98. The van der Waals surface area contributed by atoms with Gasteiger partial charge in [-0.3, -0.25) is 0 Å². The Hall–Kier alpha value is -2.91. The summed E-state index contributed by atoms with van der Waals surface area (Å²) in [5.41, 5.74) is 3.11. The molecule has 0 saturated carbocycles. The number of nitrogens with zero attached hydrogens (tertiary/aromatic N) is 5. The molecule has 9 nitrogen and oxygen atoms in total. The number of aromatic nitrogens is 4. The number of anilines is 2. The van der Waals surface area contributed by atoms with Gasteiger partial charge in [0.1, 0.15) is 11.6 Å². The van der Waals surface area contributed by atoms with E-state index < -0.39 is 0 Å². The Balaban J connectivity index is 0.000000806. The topological polar surface area (TPSA) is 114 Å². The van der Waals surface area contributed by atoms with Crippen LogP contribution in [0, 0.1) is 0 Å². The molecule has 162 valence electrons. The largest absolute Gasteiger partial charge is 0.397 e. The molecule has 4 N–H and O–H groups in total. The molecular weight excluding hydrogens is 382 g/mol. The van der Waals surface area contributed by atoms with Crippen LogP contribution in [0.15, 0.2) is 30.6 Å². The summed E-state index contributed by atoms with van der Waals surface area (Å²) in [5, 5.41) is 15.6. The number of nitrogens with two attached hydrogens (primary N) is 1. The molecule has 0 atom stereocenters. The maximum atomic E-state index is 7.57. The first-order chi connectivity index (χ1) is 14.7. The van der Waals surface area contributed by atoms with Gasteiger partial charge in [0.15, 0.2) is 5.65 Å². The molecule has 3 aromatic rings. The van der Waals surface area contributed by atoms with Gasteiger partial charge in [0, 0.05) is 50.1 Å². The van der Waals surface area contributed by atoms with Gasteiger partial charge in [0.2, 0.25) is 5.88 Å². The first kappa shape index (κ1) is 21.8. The Morgan fingerprint density at radius 3 is 2.57 bits per heavy atom. The molecular formula is C21H31N7O2. The Morgan fingerprint density at radius 1 is 1.17 bits per heavy atom. The molecule has 0 bridgehead atoms. The fraction of sp³-hybridized carbons (Fsp3) is 0.476. The van der Waals surface area contributed by atoms with Crippen LogP contribution in [0.2, 0.25) is 0 Å². The van der Waals surface area contributed by atoms with Crippen LogP contribution < -0.4 is 21.0 Å². The molecule has 0 unspecified atom stereocenters. The molecule has 1 saturated heterocycles. The Labute approximate surface area is 176 Å². The van der Waals surface area contributed by atoms with E-state index in [-0.39, 0.29) is 6.61 Å². The quantitative estimate of drug-likeness (QED) is 0.528. The number of pyridine rings is 1. The van der Waals surface area contributed by atoms with E-state index in [0.29, 0.717) is 12.4 Å². The van der Waals surface area contributed by atoms with Gasteiger partial charge in [0.05, 0.1) is 6.20 Å². The minimum Gasteiger partial charge on any atom is -0.397 e. The van der Waals surface area contributed by atoms with Crippen LogP contribution in [0.25, 0.3) is 5.65 Å². The highest BCUT2D eigenvalue weighted by Crippen LogP contribution is 2.25. The predicted octanol–water partition coefficient (Wildman–Crippen LogP) is 2.54. The number of hydrogen-bond acceptors (Lipinski definition) is 8. The summed E-state index contributed by atoms with van der Waals surface area (Å²) in [6.07, 6.45) is 8.30. The first-order valence-electron chi connectivity index (χ1n) is 10.5. The smallest absolute Gasteiger partial charge is 0.237 e. The van der Waals surface area contributed by atoms with E-state index in [9.17, 15) is 0 Å². The van der Waals surface area contributed by atoms with Gasteiger partial charge in [-0.1, -0.05) is 13.0 Å². The number of hydrogen-bond donors (Lipinski definition) is 3. The predicted molar refractivity (Wildman–Crippen MR) is 118 cm³/mol. The average molecular weight is 414 g/mol. The van der Waals surface area contributed by atoms with Crippen molar-refractivity contribution in [3.05, 3.63) is 41.7 Å². The van der Waals surface area contributed by atoms with E-state index in [2.05, 4.69) is 38.1 Å². The van der Waals surface area contributed by atoms with Gasteiger partial charge in [-0.15, -0.1) is 0 Å². The second-order valence-electron chi connectivity index (χ2n) is 7.10. The van der Waals surface area contributed by atoms with Gasteiger partial charge in [0.25, 0.3) is 0 Å². The molecule has 0 spiro atoms. The molecule has 0 aliphatic carbocycles. The Bertz CT molecular complexity index is 921. The van der Waals surface area contributed by atoms with Crippen molar-refractivity contribution in [2.24, 2.45) is 5.90 Å². The highest BCUT2D eigenvalue weighted by Gasteiger charge is 2.17. The van der Waals surface area contributed by atoms with Crippen LogP contribution in [-0.2, 0) is 13.0 Å². The standard InChI is InChI=1S/C19H25N7O.C2H6O/c1-2-15-13-23-26-16(21-11-14-6-7-18(27-20)22-12-14)10-17(24-19(15)26)25-8-4-3-5-9-25;1-2-3/h6-7,10,12-13,21H,2-5,8-9,11,20H2,1H3;3H,2H2,1H3. The molecule has 1 fully saturated rings. The lowest BCUT2D eigenvalue weighted by Gasteiger charge is -2.28. The van der Waals surface area contributed by atoms with Gasteiger partial charge in [-0.25, -0.2) is 9.97 Å². The van der Waals surface area contributed by atoms with Crippen LogP contribution in [0.3, 0.4) is 0 Å². The highest BCUT2D eigenvalue weighted by atomic mass is 16.6. The van der Waals surface area contributed by atoms with Crippen LogP contribution in [0.4, 0.5) is 11.6 Å². The van der Waals surface area contributed by atoms with E-state index in [4.69, 9.17) is 16.0 Å². The number of piperidine rings is 1. The minimum atomic E-state index is 0.250. The average Bonchev–Trinajstić information content (AvgIpc) is 3.22. The molecule has 4 heterocycles. The summed E-state index contributed by atoms with van der Waals surface area (Å²) in [5.74, 6) is 7.48. The number of fused-ring (bicyclic) bond motifs is 1. The third-order valence-electron chi connectivity index (χ3n) is 4.98. The van der Waals surface area contributed by atoms with Gasteiger partial charge in [-0.2, -0.15) is 15.5 Å². The van der Waals surface area contributed by atoms with Crippen molar-refractivity contribution in [1.82, 2.24) is 19.6 Å². The first-order valence-corrected chi connectivity index (χ1v) is 10.5. The van der Waals surface area contributed by atoms with Crippen LogP contribution in [-0.4, -0.2) is 44.4 Å². The summed E-state index contributed by atoms with van der Waals surface area (Å²) in [7, 11) is 0. The van der Waals surface area contributed by atoms with Gasteiger partial charge in [-0.05, 0) is 38.2 Å². The van der Waals surface area contributed by atoms with Crippen molar-refractivity contribution in [1.29, 1.82) is 0 Å². The van der Waals surface area contributed by atoms with Crippen molar-refractivity contribution in [2.45, 2.75) is 46.1 Å². The minimum absolute atomic E-state index is 0.250. The normalized spacial score (nSPS) is 13.7. The monoisotopic (exact) mass is 413 g/mol. The Kier molecular flexibility index (Phi) is 7.81. The van der Waals surface area contributed by atoms with Crippen molar-refractivity contribution in [3.63, 3.8) is 0 Å². The van der Waals surface area contributed by atoms with Crippen molar-refractivity contribution in [3.8, 4) is 5.88 Å². The molecule has 30 heavy (non-hydrogen) atoms. The molecule has 1 aliphatic rings. The fourth-order valence-corrected chi connectivity index (χ4v) is 3.43. The summed E-state index contributed by atoms with van der Waals surface area (Å²) in [4.78, 5) is 16.1. The number of aliphatic hydroxyl groups excluding tert-OH is 1. The van der Waals surface area contributed by atoms with E-state index in [0.717, 1.165) is 47.9 Å². The van der Waals surface area contributed by atoms with E-state index in [1.165, 1.54) is 19.3 Å². The lowest BCUT2D eigenvalue weighted by molar-refractivity contribution is 0.318. The SMILES string of the molecule is CCO.CCc1cnn2c(NCc3ccc(ON)nc3)cc(N3CCCCC3)nc12. The van der Waals surface area contributed by atoms with Crippen molar-refractivity contribution in [2.75, 3.05) is 29.9 Å². The Morgan fingerprint density at radius 2 is 1.93 bits per heavy atom. The number of nitrogens with one attached hydrogen (secondary N) is 1. The maximum Gasteiger partial charge on any atom is 0.237 e. The molecule has 0 radical (unpaired) electrons. The van der Waals surface area contributed by atoms with Crippen LogP contribution >= 0.6 is 0 Å². The zero-order valence-electron chi connectivity index (χ0n) is 17.7. The molecule has 1 aliphatic heterocycles. The summed E-state index contributed by atoms with van der Waals surface area (Å²) in [6.45, 7) is 6.80. The van der Waals surface area contributed by atoms with Crippen molar-refractivity contribution < 1.29 is 9.94 Å². The van der Waals surface area contributed by atoms with Crippen LogP contribution in [0.1, 0.15) is 44.2 Å². The van der Waals surface area contributed by atoms with Gasteiger partial charge >= 0.3 is 0 Å². The number of aryl methyl sites for hydroxylation is 1.